The number of carbonyl (C=O) groups excluding carboxylic acids is 3. The molecule has 24 heavy (non-hydrogen) atoms. The van der Waals surface area contributed by atoms with Gasteiger partial charge in [0.25, 0.3) is 11.8 Å². The Kier molecular flexibility index (Phi) is 4.59. The van der Waals surface area contributed by atoms with Crippen LogP contribution in [0.3, 0.4) is 0 Å². The number of rotatable bonds is 4. The van der Waals surface area contributed by atoms with Crippen molar-refractivity contribution >= 4 is 35.0 Å². The highest BCUT2D eigenvalue weighted by atomic mass is 35.5. The molecule has 1 fully saturated rings. The summed E-state index contributed by atoms with van der Waals surface area (Å²) in [6.45, 7) is 0. The van der Waals surface area contributed by atoms with Gasteiger partial charge in [0, 0.05) is 5.56 Å². The molecule has 7 heteroatoms. The van der Waals surface area contributed by atoms with Crippen molar-refractivity contribution in [1.82, 2.24) is 10.9 Å². The van der Waals surface area contributed by atoms with Crippen molar-refractivity contribution < 1.29 is 14.4 Å². The molecular weight excluding hydrogens is 330 g/mol. The summed E-state index contributed by atoms with van der Waals surface area (Å²) in [5.74, 6) is -1.21. The van der Waals surface area contributed by atoms with Gasteiger partial charge in [-0.1, -0.05) is 41.9 Å². The number of halogens is 1. The summed E-state index contributed by atoms with van der Waals surface area (Å²) in [6.07, 6.45) is -0.0564. The zero-order valence-electron chi connectivity index (χ0n) is 12.5. The minimum Gasteiger partial charge on any atom is -0.287 e. The average Bonchev–Trinajstić information content (AvgIpc) is 2.88. The lowest BCUT2D eigenvalue weighted by Gasteiger charge is -2.17. The molecule has 3 rings (SSSR count). The molecule has 1 saturated heterocycles. The quantitative estimate of drug-likeness (QED) is 0.656. The van der Waals surface area contributed by atoms with Gasteiger partial charge in [-0.25, -0.2) is 10.3 Å². The number of nitrogens with one attached hydrogen (secondary N) is 2. The molecule has 0 radical (unpaired) electrons. The summed E-state index contributed by atoms with van der Waals surface area (Å²) in [5.41, 5.74) is 5.87. The van der Waals surface area contributed by atoms with E-state index in [2.05, 4.69) is 10.9 Å². The van der Waals surface area contributed by atoms with E-state index in [1.165, 1.54) is 0 Å². The predicted molar refractivity (Wildman–Crippen MR) is 89.4 cm³/mol. The van der Waals surface area contributed by atoms with Gasteiger partial charge in [-0.2, -0.15) is 0 Å². The molecule has 0 aliphatic carbocycles. The largest absolute Gasteiger partial charge is 0.287 e. The van der Waals surface area contributed by atoms with Crippen molar-refractivity contribution in [2.45, 2.75) is 12.5 Å². The van der Waals surface area contributed by atoms with Crippen molar-refractivity contribution in [2.75, 3.05) is 4.90 Å². The highest BCUT2D eigenvalue weighted by Crippen LogP contribution is 2.29. The van der Waals surface area contributed by atoms with Crippen LogP contribution in [-0.4, -0.2) is 23.8 Å². The fourth-order valence-corrected chi connectivity index (χ4v) is 2.67. The van der Waals surface area contributed by atoms with Crippen molar-refractivity contribution in [3.63, 3.8) is 0 Å². The molecule has 2 N–H and O–H groups in total. The molecule has 1 heterocycles. The van der Waals surface area contributed by atoms with E-state index >= 15 is 0 Å². The highest BCUT2D eigenvalue weighted by Gasteiger charge is 2.40. The van der Waals surface area contributed by atoms with Crippen LogP contribution in [0.2, 0.25) is 5.02 Å². The summed E-state index contributed by atoms with van der Waals surface area (Å²) in [6, 6.07) is 14.3. The Morgan fingerprint density at radius 2 is 1.71 bits per heavy atom. The van der Waals surface area contributed by atoms with Crippen LogP contribution in [0.1, 0.15) is 16.8 Å². The van der Waals surface area contributed by atoms with Gasteiger partial charge < -0.3 is 0 Å². The van der Waals surface area contributed by atoms with Crippen LogP contribution >= 0.6 is 11.6 Å². The molecular formula is C17H14ClN3O3. The first kappa shape index (κ1) is 16.2. The first-order valence-electron chi connectivity index (χ1n) is 7.30. The summed E-state index contributed by atoms with van der Waals surface area (Å²) in [4.78, 5) is 37.6. The third-order valence-corrected chi connectivity index (χ3v) is 3.96. The fraction of sp³-hybridized carbons (Fsp3) is 0.118. The highest BCUT2D eigenvalue weighted by molar-refractivity contribution is 6.36. The molecule has 0 saturated carbocycles. The van der Waals surface area contributed by atoms with Crippen LogP contribution in [0.4, 0.5) is 5.69 Å². The van der Waals surface area contributed by atoms with Crippen molar-refractivity contribution in [1.29, 1.82) is 0 Å². The van der Waals surface area contributed by atoms with E-state index in [0.717, 1.165) is 4.90 Å². The molecule has 0 spiro atoms. The number of amides is 3. The summed E-state index contributed by atoms with van der Waals surface area (Å²) in [7, 11) is 0. The van der Waals surface area contributed by atoms with Crippen molar-refractivity contribution in [3.05, 3.63) is 65.2 Å². The summed E-state index contributed by atoms with van der Waals surface area (Å²) < 4.78 is 0. The molecule has 0 bridgehead atoms. The van der Waals surface area contributed by atoms with E-state index < -0.39 is 11.9 Å². The molecule has 1 atom stereocenters. The van der Waals surface area contributed by atoms with E-state index in [9.17, 15) is 14.4 Å². The van der Waals surface area contributed by atoms with Gasteiger partial charge in [-0.05, 0) is 24.3 Å². The fourth-order valence-electron chi connectivity index (χ4n) is 2.45. The van der Waals surface area contributed by atoms with Crippen LogP contribution < -0.4 is 15.8 Å². The first-order valence-corrected chi connectivity index (χ1v) is 7.68. The number of anilines is 1. The normalized spacial score (nSPS) is 17.2. The maximum atomic E-state index is 12.5. The number of nitrogens with zero attached hydrogens (tertiary/aromatic N) is 1. The number of carbonyl (C=O) groups is 3. The molecule has 0 unspecified atom stereocenters. The zero-order chi connectivity index (χ0) is 17.1. The minimum atomic E-state index is -0.832. The Bertz CT molecular complexity index is 795. The van der Waals surface area contributed by atoms with Crippen molar-refractivity contribution in [2.24, 2.45) is 0 Å². The third-order valence-electron chi connectivity index (χ3n) is 3.64. The third kappa shape index (κ3) is 3.15. The molecule has 3 amide bonds. The Morgan fingerprint density at radius 1 is 1.04 bits per heavy atom. The van der Waals surface area contributed by atoms with Gasteiger partial charge in [-0.3, -0.25) is 19.8 Å². The smallest absolute Gasteiger partial charge is 0.265 e. The number of hydrogen-bond donors (Lipinski definition) is 2. The molecule has 1 aliphatic rings. The van der Waals surface area contributed by atoms with Gasteiger partial charge in [0.15, 0.2) is 0 Å². The van der Waals surface area contributed by atoms with Crippen LogP contribution in [0.15, 0.2) is 54.6 Å². The maximum absolute atomic E-state index is 12.5. The molecule has 1 aliphatic heterocycles. The van der Waals surface area contributed by atoms with E-state index in [1.54, 1.807) is 54.6 Å². The van der Waals surface area contributed by atoms with Gasteiger partial charge in [-0.15, -0.1) is 0 Å². The Labute approximate surface area is 143 Å². The Hall–Kier alpha value is -2.70. The van der Waals surface area contributed by atoms with Gasteiger partial charge in [0.1, 0.15) is 6.04 Å². The maximum Gasteiger partial charge on any atom is 0.265 e. The van der Waals surface area contributed by atoms with Crippen LogP contribution in [0.25, 0.3) is 0 Å². The number of hydrogen-bond acceptors (Lipinski definition) is 4. The van der Waals surface area contributed by atoms with Gasteiger partial charge in [0.05, 0.1) is 17.1 Å². The van der Waals surface area contributed by atoms with E-state index in [-0.39, 0.29) is 18.2 Å². The van der Waals surface area contributed by atoms with E-state index in [1.807, 2.05) is 0 Å². The molecule has 6 nitrogen and oxygen atoms in total. The minimum absolute atomic E-state index is 0.0564. The topological polar surface area (TPSA) is 78.5 Å². The van der Waals surface area contributed by atoms with E-state index in [4.69, 9.17) is 11.6 Å². The summed E-state index contributed by atoms with van der Waals surface area (Å²) >= 11 is 6.05. The first-order chi connectivity index (χ1) is 11.6. The van der Waals surface area contributed by atoms with Crippen molar-refractivity contribution in [3.8, 4) is 0 Å². The lowest BCUT2D eigenvalue weighted by atomic mass is 10.2. The van der Waals surface area contributed by atoms with Crippen LogP contribution in [0, 0.1) is 0 Å². The number of hydrazine groups is 1. The second kappa shape index (κ2) is 6.82. The SMILES string of the molecule is O=C(NN[C@H]1CC(=O)N(c2ccccc2Cl)C1=O)c1ccccc1. The van der Waals surface area contributed by atoms with Gasteiger partial charge in [0.2, 0.25) is 5.91 Å². The second-order valence-electron chi connectivity index (χ2n) is 5.24. The molecule has 2 aromatic carbocycles. The van der Waals surface area contributed by atoms with Crippen LogP contribution in [0.5, 0.6) is 0 Å². The monoisotopic (exact) mass is 343 g/mol. The molecule has 122 valence electrons. The van der Waals surface area contributed by atoms with Crippen LogP contribution in [-0.2, 0) is 9.59 Å². The molecule has 2 aromatic rings. The second-order valence-corrected chi connectivity index (χ2v) is 5.65. The zero-order valence-corrected chi connectivity index (χ0v) is 13.3. The average molecular weight is 344 g/mol. The Morgan fingerprint density at radius 3 is 2.42 bits per heavy atom. The van der Waals surface area contributed by atoms with Gasteiger partial charge >= 0.3 is 0 Å². The number of benzene rings is 2. The van der Waals surface area contributed by atoms with E-state index in [0.29, 0.717) is 16.3 Å². The Balaban J connectivity index is 1.69. The summed E-state index contributed by atoms with van der Waals surface area (Å²) in [5, 5.41) is 0.313. The molecule has 0 aromatic heterocycles. The lowest BCUT2D eigenvalue weighted by molar-refractivity contribution is -0.121. The standard InChI is InChI=1S/C17H14ClN3O3/c18-12-8-4-5-9-14(12)21-15(22)10-13(17(21)24)19-20-16(23)11-6-2-1-3-7-11/h1-9,13,19H,10H2,(H,20,23)/t13-/m0/s1. The predicted octanol–water partition coefficient (Wildman–Crippen LogP) is 1.91. The number of imide groups is 1. The number of para-hydroxylation sites is 1. The lowest BCUT2D eigenvalue weighted by Crippen LogP contribution is -2.48.